The molecule has 200 valence electrons. The summed E-state index contributed by atoms with van der Waals surface area (Å²) in [6, 6.07) is 21.9. The molecule has 0 aliphatic heterocycles. The standard InChI is InChI=1S/C30H24ClIN6O2/c1-18-3-5-19(6-4-18)28(39)27-24(16-33)29(38(37-27)22-10-8-21(31)9-11-22)34-13-2-14-35-30(40)20-7-12-23-25(32)17-36-26(23)15-20/h3-12,15,17,34,36H,2,13-14H2,1H3,(H,35,40). The Morgan fingerprint density at radius 1 is 1.05 bits per heavy atom. The van der Waals surface area contributed by atoms with Gasteiger partial charge in [-0.2, -0.15) is 10.4 Å². The normalized spacial score (nSPS) is 10.8. The molecule has 40 heavy (non-hydrogen) atoms. The lowest BCUT2D eigenvalue weighted by Crippen LogP contribution is -2.26. The number of aromatic amines is 1. The molecule has 1 amide bonds. The Balaban J connectivity index is 1.31. The summed E-state index contributed by atoms with van der Waals surface area (Å²) < 4.78 is 2.64. The third kappa shape index (κ3) is 5.73. The van der Waals surface area contributed by atoms with Gasteiger partial charge in [-0.25, -0.2) is 4.68 Å². The molecule has 0 bridgehead atoms. The van der Waals surface area contributed by atoms with E-state index in [2.05, 4.69) is 49.4 Å². The van der Waals surface area contributed by atoms with E-state index in [9.17, 15) is 14.9 Å². The Bertz CT molecular complexity index is 1750. The number of nitriles is 1. The van der Waals surface area contributed by atoms with Gasteiger partial charge >= 0.3 is 0 Å². The highest BCUT2D eigenvalue weighted by Crippen LogP contribution is 2.26. The first kappa shape index (κ1) is 27.4. The van der Waals surface area contributed by atoms with E-state index in [0.29, 0.717) is 47.2 Å². The minimum absolute atomic E-state index is 0.0616. The van der Waals surface area contributed by atoms with Crippen molar-refractivity contribution in [1.82, 2.24) is 20.1 Å². The Morgan fingerprint density at radius 3 is 2.50 bits per heavy atom. The lowest BCUT2D eigenvalue weighted by Gasteiger charge is -2.11. The van der Waals surface area contributed by atoms with E-state index >= 15 is 0 Å². The van der Waals surface area contributed by atoms with Crippen LogP contribution in [0.4, 0.5) is 5.82 Å². The van der Waals surface area contributed by atoms with Crippen LogP contribution in [-0.4, -0.2) is 39.5 Å². The van der Waals surface area contributed by atoms with E-state index in [0.717, 1.165) is 20.0 Å². The van der Waals surface area contributed by atoms with Crippen LogP contribution < -0.4 is 10.6 Å². The number of carbonyl (C=O) groups excluding carboxylic acids is 2. The van der Waals surface area contributed by atoms with Gasteiger partial charge in [-0.15, -0.1) is 0 Å². The molecule has 2 heterocycles. The molecule has 8 nitrogen and oxygen atoms in total. The Labute approximate surface area is 249 Å². The van der Waals surface area contributed by atoms with Crippen LogP contribution in [0.5, 0.6) is 0 Å². The van der Waals surface area contributed by atoms with Crippen LogP contribution in [-0.2, 0) is 0 Å². The van der Waals surface area contributed by atoms with Crippen molar-refractivity contribution in [2.45, 2.75) is 13.3 Å². The lowest BCUT2D eigenvalue weighted by molar-refractivity contribution is 0.0953. The van der Waals surface area contributed by atoms with E-state index in [1.54, 1.807) is 41.1 Å². The molecule has 5 rings (SSSR count). The molecule has 3 aromatic carbocycles. The first-order valence-corrected chi connectivity index (χ1v) is 14.0. The number of H-pyrrole nitrogens is 1. The zero-order valence-electron chi connectivity index (χ0n) is 21.5. The molecule has 0 saturated heterocycles. The molecule has 0 fully saturated rings. The molecule has 0 aliphatic carbocycles. The third-order valence-electron chi connectivity index (χ3n) is 6.42. The number of aromatic nitrogens is 3. The highest BCUT2D eigenvalue weighted by Gasteiger charge is 2.25. The average Bonchev–Trinajstić information content (AvgIpc) is 3.53. The molecule has 2 aromatic heterocycles. The number of amides is 1. The number of ketones is 1. The minimum atomic E-state index is -0.340. The fourth-order valence-corrected chi connectivity index (χ4v) is 5.04. The number of hydrogen-bond donors (Lipinski definition) is 3. The molecular formula is C30H24ClIN6O2. The van der Waals surface area contributed by atoms with Gasteiger partial charge in [-0.3, -0.25) is 9.59 Å². The van der Waals surface area contributed by atoms with Crippen molar-refractivity contribution in [1.29, 1.82) is 5.26 Å². The van der Waals surface area contributed by atoms with Crippen LogP contribution in [0.25, 0.3) is 16.6 Å². The lowest BCUT2D eigenvalue weighted by atomic mass is 10.0. The van der Waals surface area contributed by atoms with Crippen LogP contribution in [0.2, 0.25) is 5.02 Å². The van der Waals surface area contributed by atoms with Crippen LogP contribution in [0.3, 0.4) is 0 Å². The molecule has 0 atom stereocenters. The summed E-state index contributed by atoms with van der Waals surface area (Å²) in [5.74, 6) is -0.104. The first-order chi connectivity index (χ1) is 19.4. The van der Waals surface area contributed by atoms with Crippen LogP contribution in [0.1, 0.15) is 44.0 Å². The van der Waals surface area contributed by atoms with Crippen molar-refractivity contribution in [2.75, 3.05) is 18.4 Å². The highest BCUT2D eigenvalue weighted by molar-refractivity contribution is 14.1. The molecular weight excluding hydrogens is 639 g/mol. The second kappa shape index (κ2) is 11.9. The smallest absolute Gasteiger partial charge is 0.251 e. The number of halogens is 2. The van der Waals surface area contributed by atoms with Crippen molar-refractivity contribution in [2.24, 2.45) is 0 Å². The Kier molecular flexibility index (Phi) is 8.19. The second-order valence-electron chi connectivity index (χ2n) is 9.20. The molecule has 5 aromatic rings. The summed E-state index contributed by atoms with van der Waals surface area (Å²) in [6.07, 6.45) is 2.48. The summed E-state index contributed by atoms with van der Waals surface area (Å²) in [7, 11) is 0. The van der Waals surface area contributed by atoms with Gasteiger partial charge < -0.3 is 15.6 Å². The second-order valence-corrected chi connectivity index (χ2v) is 10.8. The van der Waals surface area contributed by atoms with Crippen molar-refractivity contribution in [3.8, 4) is 11.8 Å². The van der Waals surface area contributed by atoms with Crippen molar-refractivity contribution in [3.63, 3.8) is 0 Å². The number of fused-ring (bicyclic) bond motifs is 1. The van der Waals surface area contributed by atoms with Crippen LogP contribution in [0.15, 0.2) is 72.9 Å². The largest absolute Gasteiger partial charge is 0.369 e. The molecule has 0 spiro atoms. The van der Waals surface area contributed by atoms with Gasteiger partial charge in [0.25, 0.3) is 5.91 Å². The van der Waals surface area contributed by atoms with Crippen LogP contribution in [0, 0.1) is 21.8 Å². The van der Waals surface area contributed by atoms with Gasteiger partial charge in [0.05, 0.1) is 5.69 Å². The highest BCUT2D eigenvalue weighted by atomic mass is 127. The van der Waals surface area contributed by atoms with Crippen molar-refractivity contribution < 1.29 is 9.59 Å². The maximum Gasteiger partial charge on any atom is 0.251 e. The van der Waals surface area contributed by atoms with E-state index in [1.165, 1.54) is 0 Å². The topological polar surface area (TPSA) is 116 Å². The summed E-state index contributed by atoms with van der Waals surface area (Å²) >= 11 is 8.33. The SMILES string of the molecule is Cc1ccc(C(=O)c2nn(-c3ccc(Cl)cc3)c(NCCCNC(=O)c3ccc4c(I)c[nH]c4c3)c2C#N)cc1. The van der Waals surface area contributed by atoms with Gasteiger partial charge in [-0.1, -0.05) is 47.5 Å². The number of anilines is 1. The predicted octanol–water partition coefficient (Wildman–Crippen LogP) is 6.25. The van der Waals surface area contributed by atoms with E-state index < -0.39 is 0 Å². The van der Waals surface area contributed by atoms with E-state index in [-0.39, 0.29) is 22.9 Å². The number of rotatable bonds is 9. The van der Waals surface area contributed by atoms with Gasteiger partial charge in [0.2, 0.25) is 5.78 Å². The maximum absolute atomic E-state index is 13.3. The van der Waals surface area contributed by atoms with Gasteiger partial charge in [0.1, 0.15) is 17.5 Å². The quantitative estimate of drug-likeness (QED) is 0.0980. The molecule has 10 heteroatoms. The van der Waals surface area contributed by atoms with E-state index in [4.69, 9.17) is 11.6 Å². The van der Waals surface area contributed by atoms with E-state index in [1.807, 2.05) is 43.5 Å². The number of carbonyl (C=O) groups is 2. The molecule has 0 unspecified atom stereocenters. The van der Waals surface area contributed by atoms with Crippen LogP contribution >= 0.6 is 34.2 Å². The summed E-state index contributed by atoms with van der Waals surface area (Å²) in [5.41, 5.74) is 3.82. The maximum atomic E-state index is 13.3. The number of hydrogen-bond acceptors (Lipinski definition) is 5. The molecule has 0 aliphatic rings. The number of benzene rings is 3. The van der Waals surface area contributed by atoms with Gasteiger partial charge in [-0.05, 0) is 72.3 Å². The molecule has 0 radical (unpaired) electrons. The molecule has 3 N–H and O–H groups in total. The van der Waals surface area contributed by atoms with Crippen molar-refractivity contribution in [3.05, 3.63) is 109 Å². The number of nitrogens with zero attached hydrogens (tertiary/aromatic N) is 3. The fraction of sp³-hybridized carbons (Fsp3) is 0.133. The zero-order chi connectivity index (χ0) is 28.2. The Morgan fingerprint density at radius 2 is 1.77 bits per heavy atom. The predicted molar refractivity (Wildman–Crippen MR) is 164 cm³/mol. The number of aryl methyl sites for hydroxylation is 1. The summed E-state index contributed by atoms with van der Waals surface area (Å²) in [6.45, 7) is 2.79. The first-order valence-electron chi connectivity index (χ1n) is 12.5. The molecule has 0 saturated carbocycles. The van der Waals surface area contributed by atoms with Gasteiger partial charge in [0, 0.05) is 49.9 Å². The summed E-state index contributed by atoms with van der Waals surface area (Å²) in [4.78, 5) is 29.2. The third-order valence-corrected chi connectivity index (χ3v) is 7.57. The van der Waals surface area contributed by atoms with Crippen molar-refractivity contribution >= 4 is 62.6 Å². The van der Waals surface area contributed by atoms with Gasteiger partial charge in [0.15, 0.2) is 5.69 Å². The average molecular weight is 663 g/mol. The summed E-state index contributed by atoms with van der Waals surface area (Å²) in [5, 5.41) is 22.4. The number of nitrogens with one attached hydrogen (secondary N) is 3. The zero-order valence-corrected chi connectivity index (χ0v) is 24.4. The Hall–Kier alpha value is -4.14. The minimum Gasteiger partial charge on any atom is -0.369 e. The fourth-order valence-electron chi connectivity index (χ4n) is 4.29. The monoisotopic (exact) mass is 662 g/mol.